The van der Waals surface area contributed by atoms with Gasteiger partial charge in [-0.3, -0.25) is 4.98 Å². The van der Waals surface area contributed by atoms with Crippen LogP contribution in [0.25, 0.3) is 0 Å². The fraction of sp³-hybridized carbons (Fsp3) is 0.300. The average Bonchev–Trinajstić information content (AvgIpc) is 2.69. The molecule has 0 aliphatic heterocycles. The topological polar surface area (TPSA) is 88.1 Å². The van der Waals surface area contributed by atoms with E-state index in [1.54, 1.807) is 36.8 Å². The lowest BCUT2D eigenvalue weighted by atomic mass is 10.1. The zero-order valence-corrected chi connectivity index (χ0v) is 19.1. The van der Waals surface area contributed by atoms with Gasteiger partial charge in [0.05, 0.1) is 12.2 Å². The highest BCUT2D eigenvalue weighted by atomic mass is 35.5. The smallest absolute Gasteiger partial charge is 0.228 e. The number of hydrogen-bond donors (Lipinski definition) is 2. The molecule has 1 atom stereocenters. The number of rotatable bonds is 9. The van der Waals surface area contributed by atoms with Crippen LogP contribution in [0.1, 0.15) is 18.5 Å². The van der Waals surface area contributed by atoms with Crippen LogP contribution in [-0.4, -0.2) is 52.1 Å². The third kappa shape index (κ3) is 8.49. The third-order valence-electron chi connectivity index (χ3n) is 4.03. The van der Waals surface area contributed by atoms with E-state index in [9.17, 15) is 4.39 Å². The van der Waals surface area contributed by atoms with E-state index >= 15 is 0 Å². The van der Waals surface area contributed by atoms with Crippen molar-refractivity contribution in [3.63, 3.8) is 0 Å². The van der Waals surface area contributed by atoms with E-state index in [1.807, 2.05) is 25.9 Å². The highest BCUT2D eigenvalue weighted by Crippen LogP contribution is 2.23. The van der Waals surface area contributed by atoms with Crippen LogP contribution in [0.15, 0.2) is 48.9 Å². The van der Waals surface area contributed by atoms with Crippen molar-refractivity contribution in [1.82, 2.24) is 24.8 Å². The summed E-state index contributed by atoms with van der Waals surface area (Å²) < 4.78 is 19.0. The molecular formula is C20H26Cl2FN7O. The number of hydrogen-bond acceptors (Lipinski definition) is 8. The Bertz CT molecular complexity index is 917. The number of ether oxygens (including phenoxy) is 1. The van der Waals surface area contributed by atoms with Crippen molar-refractivity contribution in [2.75, 3.05) is 37.9 Å². The van der Waals surface area contributed by atoms with Crippen LogP contribution in [0.2, 0.25) is 0 Å². The molecule has 3 aromatic rings. The molecule has 0 unspecified atom stereocenters. The Morgan fingerprint density at radius 1 is 1.06 bits per heavy atom. The van der Waals surface area contributed by atoms with Gasteiger partial charge < -0.3 is 20.3 Å². The van der Waals surface area contributed by atoms with Gasteiger partial charge >= 0.3 is 0 Å². The van der Waals surface area contributed by atoms with Gasteiger partial charge in [0, 0.05) is 25.0 Å². The molecule has 0 aliphatic rings. The SMILES string of the molecule is C[C@H](Nc1nc(Nc2cnccn2)cc(OCCN(C)C)n1)c1ccc(F)cc1.Cl.Cl. The lowest BCUT2D eigenvalue weighted by Crippen LogP contribution is -2.20. The Morgan fingerprint density at radius 2 is 1.81 bits per heavy atom. The maximum atomic E-state index is 13.2. The number of nitrogens with zero attached hydrogens (tertiary/aromatic N) is 5. The number of anilines is 3. The summed E-state index contributed by atoms with van der Waals surface area (Å²) in [5.41, 5.74) is 0.914. The summed E-state index contributed by atoms with van der Waals surface area (Å²) in [5.74, 6) is 1.62. The van der Waals surface area contributed by atoms with Crippen LogP contribution in [0.5, 0.6) is 5.88 Å². The summed E-state index contributed by atoms with van der Waals surface area (Å²) in [6.07, 6.45) is 4.79. The van der Waals surface area contributed by atoms with Gasteiger partial charge in [-0.25, -0.2) is 9.37 Å². The van der Waals surface area contributed by atoms with Crippen LogP contribution in [0.4, 0.5) is 22.0 Å². The first kappa shape index (κ1) is 26.3. The van der Waals surface area contributed by atoms with Crippen LogP contribution < -0.4 is 15.4 Å². The van der Waals surface area contributed by atoms with Crippen molar-refractivity contribution in [3.05, 3.63) is 60.3 Å². The molecule has 0 bridgehead atoms. The number of halogens is 3. The summed E-state index contributed by atoms with van der Waals surface area (Å²) in [5, 5.41) is 6.33. The van der Waals surface area contributed by atoms with Crippen molar-refractivity contribution in [1.29, 1.82) is 0 Å². The molecule has 0 saturated carbocycles. The lowest BCUT2D eigenvalue weighted by Gasteiger charge is -2.17. The van der Waals surface area contributed by atoms with Crippen molar-refractivity contribution >= 4 is 42.4 Å². The summed E-state index contributed by atoms with van der Waals surface area (Å²) in [6, 6.07) is 7.88. The molecule has 2 heterocycles. The molecule has 0 spiro atoms. The first-order valence-electron chi connectivity index (χ1n) is 9.21. The number of likely N-dealkylation sites (N-methyl/N-ethyl adjacent to an activating group) is 1. The molecule has 0 aliphatic carbocycles. The Hall–Kier alpha value is -2.75. The summed E-state index contributed by atoms with van der Waals surface area (Å²) in [7, 11) is 3.95. The quantitative estimate of drug-likeness (QED) is 0.483. The number of nitrogens with one attached hydrogen (secondary N) is 2. The second-order valence-electron chi connectivity index (χ2n) is 6.70. The van der Waals surface area contributed by atoms with E-state index in [2.05, 4.69) is 30.6 Å². The van der Waals surface area contributed by atoms with Gasteiger partial charge in [0.1, 0.15) is 24.1 Å². The molecule has 11 heteroatoms. The Morgan fingerprint density at radius 3 is 2.45 bits per heavy atom. The van der Waals surface area contributed by atoms with Crippen molar-refractivity contribution in [2.45, 2.75) is 13.0 Å². The highest BCUT2D eigenvalue weighted by Gasteiger charge is 2.11. The van der Waals surface area contributed by atoms with Gasteiger partial charge in [0.2, 0.25) is 11.8 Å². The molecular weight excluding hydrogens is 444 g/mol. The molecule has 2 N–H and O–H groups in total. The van der Waals surface area contributed by atoms with Crippen LogP contribution in [0.3, 0.4) is 0 Å². The highest BCUT2D eigenvalue weighted by molar-refractivity contribution is 5.85. The second-order valence-corrected chi connectivity index (χ2v) is 6.70. The molecule has 168 valence electrons. The molecule has 3 rings (SSSR count). The Labute approximate surface area is 193 Å². The summed E-state index contributed by atoms with van der Waals surface area (Å²) >= 11 is 0. The molecule has 1 aromatic carbocycles. The summed E-state index contributed by atoms with van der Waals surface area (Å²) in [4.78, 5) is 19.2. The first-order valence-corrected chi connectivity index (χ1v) is 9.21. The summed E-state index contributed by atoms with van der Waals surface area (Å²) in [6.45, 7) is 3.19. The lowest BCUT2D eigenvalue weighted by molar-refractivity contribution is 0.254. The fourth-order valence-corrected chi connectivity index (χ4v) is 2.48. The zero-order valence-electron chi connectivity index (χ0n) is 17.4. The van der Waals surface area contributed by atoms with Crippen LogP contribution in [-0.2, 0) is 0 Å². The molecule has 8 nitrogen and oxygen atoms in total. The van der Waals surface area contributed by atoms with Gasteiger partial charge in [-0.2, -0.15) is 9.97 Å². The molecule has 0 saturated heterocycles. The maximum Gasteiger partial charge on any atom is 0.228 e. The zero-order chi connectivity index (χ0) is 20.6. The predicted octanol–water partition coefficient (Wildman–Crippen LogP) is 4.11. The van der Waals surface area contributed by atoms with E-state index < -0.39 is 0 Å². The van der Waals surface area contributed by atoms with Gasteiger partial charge in [0.15, 0.2) is 0 Å². The number of aromatic nitrogens is 4. The molecule has 0 fully saturated rings. The normalized spacial score (nSPS) is 11.1. The molecule has 31 heavy (non-hydrogen) atoms. The molecule has 2 aromatic heterocycles. The Kier molecular flexibility index (Phi) is 10.9. The molecule has 0 amide bonds. The van der Waals surface area contributed by atoms with Crippen LogP contribution >= 0.6 is 24.8 Å². The fourth-order valence-electron chi connectivity index (χ4n) is 2.48. The largest absolute Gasteiger partial charge is 0.476 e. The van der Waals surface area contributed by atoms with E-state index in [0.717, 1.165) is 12.1 Å². The van der Waals surface area contributed by atoms with Crippen LogP contribution in [0, 0.1) is 5.82 Å². The van der Waals surface area contributed by atoms with E-state index in [-0.39, 0.29) is 36.7 Å². The Balaban J connectivity index is 0.00000240. The van der Waals surface area contributed by atoms with E-state index in [0.29, 0.717) is 30.1 Å². The monoisotopic (exact) mass is 469 g/mol. The third-order valence-corrected chi connectivity index (χ3v) is 4.03. The average molecular weight is 470 g/mol. The van der Waals surface area contributed by atoms with Gasteiger partial charge in [-0.15, -0.1) is 24.8 Å². The minimum Gasteiger partial charge on any atom is -0.476 e. The number of benzene rings is 1. The minimum absolute atomic E-state index is 0. The van der Waals surface area contributed by atoms with E-state index in [4.69, 9.17) is 4.74 Å². The van der Waals surface area contributed by atoms with E-state index in [1.165, 1.54) is 12.1 Å². The van der Waals surface area contributed by atoms with Gasteiger partial charge in [0.25, 0.3) is 0 Å². The van der Waals surface area contributed by atoms with Gasteiger partial charge in [-0.05, 0) is 38.7 Å². The van der Waals surface area contributed by atoms with Gasteiger partial charge in [-0.1, -0.05) is 12.1 Å². The van der Waals surface area contributed by atoms with Crippen molar-refractivity contribution in [3.8, 4) is 5.88 Å². The standard InChI is InChI=1S/C20H24FN7O.2ClH/c1-14(15-4-6-16(21)7-5-15)24-20-26-17(25-18-13-22-8-9-23-18)12-19(27-20)29-11-10-28(2)3;;/h4-9,12-14H,10-11H2,1-3H3,(H2,23,24,25,26,27);2*1H/t14-;;/m0../s1. The van der Waals surface area contributed by atoms with Crippen molar-refractivity contribution in [2.24, 2.45) is 0 Å². The van der Waals surface area contributed by atoms with Crippen molar-refractivity contribution < 1.29 is 9.13 Å². The second kappa shape index (κ2) is 12.8. The first-order chi connectivity index (χ1) is 14.0. The maximum absolute atomic E-state index is 13.2. The predicted molar refractivity (Wildman–Crippen MR) is 124 cm³/mol. The molecule has 0 radical (unpaired) electrons. The minimum atomic E-state index is -0.274.